The summed E-state index contributed by atoms with van der Waals surface area (Å²) in [7, 11) is 1.65. The van der Waals surface area contributed by atoms with Gasteiger partial charge in [0.05, 0.1) is 12.0 Å². The highest BCUT2D eigenvalue weighted by Crippen LogP contribution is 2.30. The van der Waals surface area contributed by atoms with Crippen LogP contribution in [0, 0.1) is 0 Å². The fraction of sp³-hybridized carbons (Fsp3) is 0.100. The summed E-state index contributed by atoms with van der Waals surface area (Å²) in [6.07, 6.45) is 3.70. The van der Waals surface area contributed by atoms with Crippen LogP contribution in [0.15, 0.2) is 60.9 Å². The van der Waals surface area contributed by atoms with Crippen molar-refractivity contribution in [1.29, 1.82) is 0 Å². The molecule has 4 aromatic rings. The lowest BCUT2D eigenvalue weighted by Crippen LogP contribution is -2.23. The molecule has 0 aliphatic rings. The van der Waals surface area contributed by atoms with Crippen molar-refractivity contribution in [2.45, 2.75) is 6.54 Å². The average Bonchev–Trinajstić information content (AvgIpc) is 3.26. The number of aromatic nitrogens is 2. The predicted molar refractivity (Wildman–Crippen MR) is 108 cm³/mol. The summed E-state index contributed by atoms with van der Waals surface area (Å²) >= 11 is 7.64. The van der Waals surface area contributed by atoms with Gasteiger partial charge in [-0.2, -0.15) is 0 Å². The number of amides is 1. The molecule has 0 saturated heterocycles. The summed E-state index contributed by atoms with van der Waals surface area (Å²) < 4.78 is 7.14. The fourth-order valence-electron chi connectivity index (χ4n) is 2.72. The molecule has 0 spiro atoms. The first kappa shape index (κ1) is 17.6. The van der Waals surface area contributed by atoms with Crippen LogP contribution in [0.4, 0.5) is 0 Å². The van der Waals surface area contributed by atoms with Gasteiger partial charge in [0, 0.05) is 24.0 Å². The van der Waals surface area contributed by atoms with Gasteiger partial charge in [-0.1, -0.05) is 53.3 Å². The normalized spacial score (nSPS) is 10.9. The van der Waals surface area contributed by atoms with Crippen molar-refractivity contribution in [1.82, 2.24) is 14.7 Å². The molecule has 2 heterocycles. The van der Waals surface area contributed by atoms with Crippen molar-refractivity contribution >= 4 is 33.8 Å². The number of rotatable bonds is 5. The van der Waals surface area contributed by atoms with Gasteiger partial charge in [0.25, 0.3) is 5.91 Å². The Bertz CT molecular complexity index is 1090. The van der Waals surface area contributed by atoms with Gasteiger partial charge in [-0.05, 0) is 29.3 Å². The van der Waals surface area contributed by atoms with Gasteiger partial charge < -0.3 is 10.1 Å². The van der Waals surface area contributed by atoms with E-state index in [1.54, 1.807) is 19.4 Å². The van der Waals surface area contributed by atoms with Gasteiger partial charge in [-0.3, -0.25) is 9.20 Å². The van der Waals surface area contributed by atoms with Crippen LogP contribution in [0.1, 0.15) is 16.1 Å². The number of carbonyl (C=O) groups is 1. The molecule has 1 N–H and O–H groups in total. The molecule has 0 unspecified atom stereocenters. The third-order valence-electron chi connectivity index (χ3n) is 4.14. The summed E-state index contributed by atoms with van der Waals surface area (Å²) in [6.45, 7) is 0.360. The molecule has 0 atom stereocenters. The first-order chi connectivity index (χ1) is 13.1. The number of imidazole rings is 1. The summed E-state index contributed by atoms with van der Waals surface area (Å²) in [6, 6.07) is 15.3. The molecule has 2 aromatic heterocycles. The summed E-state index contributed by atoms with van der Waals surface area (Å²) in [4.78, 5) is 18.6. The Morgan fingerprint density at radius 2 is 2.07 bits per heavy atom. The smallest absolute Gasteiger partial charge is 0.271 e. The fourth-order valence-corrected chi connectivity index (χ4v) is 3.89. The van der Waals surface area contributed by atoms with Crippen LogP contribution < -0.4 is 10.1 Å². The highest BCUT2D eigenvalue weighted by molar-refractivity contribution is 7.20. The maximum atomic E-state index is 12.4. The zero-order chi connectivity index (χ0) is 18.8. The van der Waals surface area contributed by atoms with Gasteiger partial charge in [0.2, 0.25) is 0 Å². The first-order valence-corrected chi connectivity index (χ1v) is 9.48. The number of nitrogens with zero attached hydrogens (tertiary/aromatic N) is 2. The first-order valence-electron chi connectivity index (χ1n) is 8.28. The number of hydrogen-bond acceptors (Lipinski definition) is 4. The standard InChI is InChI=1S/C20H16ClN3O2S/c1-26-15-7-4-6-13(9-15)18-12-24-11-17(23-20(24)27-18)19(25)22-10-14-5-2-3-8-16(14)21/h2-9,11-12H,10H2,1H3,(H,22,25). The minimum atomic E-state index is -0.228. The van der Waals surface area contributed by atoms with E-state index < -0.39 is 0 Å². The molecule has 136 valence electrons. The lowest BCUT2D eigenvalue weighted by molar-refractivity contribution is 0.0946. The van der Waals surface area contributed by atoms with E-state index in [0.29, 0.717) is 17.3 Å². The number of carbonyl (C=O) groups excluding carboxylic acids is 1. The number of benzene rings is 2. The maximum absolute atomic E-state index is 12.4. The second kappa shape index (κ2) is 7.42. The summed E-state index contributed by atoms with van der Waals surface area (Å²) in [5.74, 6) is 0.576. The minimum Gasteiger partial charge on any atom is -0.497 e. The van der Waals surface area contributed by atoms with E-state index in [4.69, 9.17) is 16.3 Å². The number of halogens is 1. The van der Waals surface area contributed by atoms with Gasteiger partial charge in [-0.25, -0.2) is 4.98 Å². The molecule has 1 amide bonds. The van der Waals surface area contributed by atoms with Crippen molar-refractivity contribution < 1.29 is 9.53 Å². The van der Waals surface area contributed by atoms with Crippen molar-refractivity contribution in [2.24, 2.45) is 0 Å². The lowest BCUT2D eigenvalue weighted by atomic mass is 10.2. The molecular weight excluding hydrogens is 382 g/mol. The Balaban J connectivity index is 1.51. The summed E-state index contributed by atoms with van der Waals surface area (Å²) in [5.41, 5.74) is 2.30. The third-order valence-corrected chi connectivity index (χ3v) is 5.55. The Morgan fingerprint density at radius 1 is 1.22 bits per heavy atom. The molecule has 0 bridgehead atoms. The highest BCUT2D eigenvalue weighted by atomic mass is 35.5. The van der Waals surface area contributed by atoms with E-state index in [1.165, 1.54) is 11.3 Å². The number of fused-ring (bicyclic) bond motifs is 1. The number of methoxy groups -OCH3 is 1. The maximum Gasteiger partial charge on any atom is 0.271 e. The van der Waals surface area contributed by atoms with Crippen molar-refractivity contribution in [3.8, 4) is 16.2 Å². The molecule has 0 aliphatic heterocycles. The SMILES string of the molecule is COc1cccc(-c2cn3cc(C(=O)NCc4ccccc4Cl)nc3s2)c1. The number of ether oxygens (including phenoxy) is 1. The minimum absolute atomic E-state index is 0.228. The van der Waals surface area contributed by atoms with E-state index >= 15 is 0 Å². The molecule has 5 nitrogen and oxygen atoms in total. The quantitative estimate of drug-likeness (QED) is 0.533. The molecule has 0 radical (unpaired) electrons. The average molecular weight is 398 g/mol. The predicted octanol–water partition coefficient (Wildman–Crippen LogP) is 4.65. The van der Waals surface area contributed by atoms with Crippen molar-refractivity contribution in [2.75, 3.05) is 7.11 Å². The van der Waals surface area contributed by atoms with Crippen LogP contribution in [0.25, 0.3) is 15.4 Å². The topological polar surface area (TPSA) is 55.6 Å². The van der Waals surface area contributed by atoms with Crippen molar-refractivity contribution in [3.05, 3.63) is 77.2 Å². The van der Waals surface area contributed by atoms with Gasteiger partial charge in [-0.15, -0.1) is 0 Å². The summed E-state index contributed by atoms with van der Waals surface area (Å²) in [5, 5.41) is 3.49. The molecular formula is C20H16ClN3O2S. The molecule has 7 heteroatoms. The van der Waals surface area contributed by atoms with E-state index in [2.05, 4.69) is 10.3 Å². The third kappa shape index (κ3) is 3.67. The molecule has 2 aromatic carbocycles. The van der Waals surface area contributed by atoms with E-state index in [0.717, 1.165) is 26.7 Å². The van der Waals surface area contributed by atoms with Crippen LogP contribution in [0.2, 0.25) is 5.02 Å². The van der Waals surface area contributed by atoms with Gasteiger partial charge in [0.15, 0.2) is 4.96 Å². The number of thiazole rings is 1. The second-order valence-electron chi connectivity index (χ2n) is 5.92. The molecule has 0 fully saturated rings. The van der Waals surface area contributed by atoms with Crippen molar-refractivity contribution in [3.63, 3.8) is 0 Å². The Hall–Kier alpha value is -2.83. The van der Waals surface area contributed by atoms with Crippen LogP contribution in [-0.2, 0) is 6.54 Å². The van der Waals surface area contributed by atoms with Gasteiger partial charge in [0.1, 0.15) is 11.4 Å². The largest absolute Gasteiger partial charge is 0.497 e. The zero-order valence-corrected chi connectivity index (χ0v) is 16.1. The molecule has 0 saturated carbocycles. The Kier molecular flexibility index (Phi) is 4.83. The van der Waals surface area contributed by atoms with E-state index in [9.17, 15) is 4.79 Å². The molecule has 0 aliphatic carbocycles. The number of hydrogen-bond donors (Lipinski definition) is 1. The van der Waals surface area contributed by atoms with Crippen LogP contribution in [0.5, 0.6) is 5.75 Å². The Labute approximate surface area is 165 Å². The van der Waals surface area contributed by atoms with Crippen LogP contribution in [-0.4, -0.2) is 22.4 Å². The monoisotopic (exact) mass is 397 g/mol. The highest BCUT2D eigenvalue weighted by Gasteiger charge is 2.14. The van der Waals surface area contributed by atoms with Gasteiger partial charge >= 0.3 is 0 Å². The van der Waals surface area contributed by atoms with E-state index in [1.807, 2.05) is 53.1 Å². The van der Waals surface area contributed by atoms with E-state index in [-0.39, 0.29) is 5.91 Å². The second-order valence-corrected chi connectivity index (χ2v) is 7.33. The number of nitrogens with one attached hydrogen (secondary N) is 1. The molecule has 4 rings (SSSR count). The van der Waals surface area contributed by atoms with Crippen LogP contribution >= 0.6 is 22.9 Å². The molecule has 27 heavy (non-hydrogen) atoms. The lowest BCUT2D eigenvalue weighted by Gasteiger charge is -2.05. The zero-order valence-electron chi connectivity index (χ0n) is 14.5. The Morgan fingerprint density at radius 3 is 2.85 bits per heavy atom. The van der Waals surface area contributed by atoms with Crippen LogP contribution in [0.3, 0.4) is 0 Å².